The number of hydrogen-bond donors (Lipinski definition) is 2. The van der Waals surface area contributed by atoms with Crippen molar-refractivity contribution in [2.24, 2.45) is 0 Å². The molecule has 0 amide bonds. The van der Waals surface area contributed by atoms with Crippen LogP contribution in [0.25, 0.3) is 11.3 Å². The molecule has 3 rings (SSSR count). The summed E-state index contributed by atoms with van der Waals surface area (Å²) >= 11 is 0. The van der Waals surface area contributed by atoms with Gasteiger partial charge in [0.15, 0.2) is 0 Å². The maximum Gasteiger partial charge on any atom is 0.335 e. The van der Waals surface area contributed by atoms with E-state index in [4.69, 9.17) is 9.52 Å². The molecule has 1 fully saturated rings. The molecule has 4 nitrogen and oxygen atoms in total. The van der Waals surface area contributed by atoms with Crippen molar-refractivity contribution in [3.63, 3.8) is 0 Å². The highest BCUT2D eigenvalue weighted by molar-refractivity contribution is 5.89. The van der Waals surface area contributed by atoms with Gasteiger partial charge in [-0.25, -0.2) is 4.79 Å². The molecule has 0 spiro atoms. The van der Waals surface area contributed by atoms with Gasteiger partial charge >= 0.3 is 5.97 Å². The predicted octanol–water partition coefficient (Wildman–Crippen LogP) is 1.07. The lowest BCUT2D eigenvalue weighted by Crippen LogP contribution is -3.00. The number of carbonyl (C=O) groups is 1. The Labute approximate surface area is 142 Å². The molecule has 1 aromatic carbocycles. The zero-order valence-corrected chi connectivity index (χ0v) is 13.7. The lowest BCUT2D eigenvalue weighted by atomic mass is 9.95. The van der Waals surface area contributed by atoms with Crippen molar-refractivity contribution in [3.05, 3.63) is 47.7 Å². The second-order valence-corrected chi connectivity index (χ2v) is 5.87. The molecule has 1 heterocycles. The van der Waals surface area contributed by atoms with Gasteiger partial charge in [0, 0.05) is 11.6 Å². The van der Waals surface area contributed by atoms with Crippen LogP contribution in [-0.2, 0) is 6.54 Å². The van der Waals surface area contributed by atoms with Crippen molar-refractivity contribution >= 4 is 5.97 Å². The first kappa shape index (κ1) is 17.6. The Morgan fingerprint density at radius 2 is 1.96 bits per heavy atom. The van der Waals surface area contributed by atoms with E-state index >= 15 is 0 Å². The molecule has 1 aliphatic rings. The van der Waals surface area contributed by atoms with E-state index in [2.05, 4.69) is 5.32 Å². The third-order valence-electron chi connectivity index (χ3n) is 4.23. The van der Waals surface area contributed by atoms with Crippen LogP contribution in [0, 0.1) is 0 Å². The lowest BCUT2D eigenvalue weighted by Gasteiger charge is -2.22. The van der Waals surface area contributed by atoms with Crippen molar-refractivity contribution in [2.75, 3.05) is 0 Å². The number of hydrogen-bond acceptors (Lipinski definition) is 3. The zero-order valence-electron chi connectivity index (χ0n) is 12.9. The molecule has 124 valence electrons. The van der Waals surface area contributed by atoms with Crippen molar-refractivity contribution in [1.29, 1.82) is 0 Å². The van der Waals surface area contributed by atoms with Gasteiger partial charge in [-0.05, 0) is 37.1 Å². The van der Waals surface area contributed by atoms with Crippen molar-refractivity contribution in [3.8, 4) is 11.3 Å². The van der Waals surface area contributed by atoms with Crippen LogP contribution in [0.2, 0.25) is 0 Å². The summed E-state index contributed by atoms with van der Waals surface area (Å²) in [5.41, 5.74) is 1.07. The van der Waals surface area contributed by atoms with Gasteiger partial charge in [0.25, 0.3) is 0 Å². The molecule has 0 atom stereocenters. The molecule has 2 N–H and O–H groups in total. The summed E-state index contributed by atoms with van der Waals surface area (Å²) in [6.45, 7) is 0.725. The number of carboxylic acids is 1. The van der Waals surface area contributed by atoms with E-state index in [9.17, 15) is 4.79 Å². The van der Waals surface area contributed by atoms with Crippen LogP contribution in [0.4, 0.5) is 0 Å². The molecule has 0 aliphatic heterocycles. The number of benzene rings is 1. The zero-order chi connectivity index (χ0) is 15.4. The van der Waals surface area contributed by atoms with E-state index in [-0.39, 0.29) is 18.0 Å². The highest BCUT2D eigenvalue weighted by Crippen LogP contribution is 2.24. The molecule has 0 saturated heterocycles. The van der Waals surface area contributed by atoms with E-state index in [1.807, 2.05) is 18.2 Å². The highest BCUT2D eigenvalue weighted by atomic mass is 35.5. The lowest BCUT2D eigenvalue weighted by molar-refractivity contribution is -0.0000206. The molecule has 2 aromatic rings. The maximum absolute atomic E-state index is 11.0. The van der Waals surface area contributed by atoms with Crippen LogP contribution in [0.1, 0.15) is 48.2 Å². The third-order valence-corrected chi connectivity index (χ3v) is 4.23. The van der Waals surface area contributed by atoms with Gasteiger partial charge in [0.2, 0.25) is 0 Å². The van der Waals surface area contributed by atoms with Crippen LogP contribution in [0.5, 0.6) is 0 Å². The normalized spacial score (nSPS) is 15.1. The van der Waals surface area contributed by atoms with Gasteiger partial charge in [0.05, 0.1) is 12.1 Å². The van der Waals surface area contributed by atoms with Crippen molar-refractivity contribution < 1.29 is 26.7 Å². The molecule has 5 heteroatoms. The minimum atomic E-state index is -0.924. The van der Waals surface area contributed by atoms with Gasteiger partial charge in [0.1, 0.15) is 11.5 Å². The molecule has 0 unspecified atom stereocenters. The third kappa shape index (κ3) is 4.60. The van der Waals surface area contributed by atoms with E-state index in [1.165, 1.54) is 32.1 Å². The van der Waals surface area contributed by atoms with Gasteiger partial charge in [-0.3, -0.25) is 0 Å². The fourth-order valence-corrected chi connectivity index (χ4v) is 2.99. The Kier molecular flexibility index (Phi) is 6.25. The Morgan fingerprint density at radius 3 is 2.70 bits per heavy atom. The summed E-state index contributed by atoms with van der Waals surface area (Å²) in [5.74, 6) is 0.678. The number of furan rings is 1. The summed E-state index contributed by atoms with van der Waals surface area (Å²) in [6.07, 6.45) is 6.46. The van der Waals surface area contributed by atoms with E-state index in [0.29, 0.717) is 11.8 Å². The molecule has 0 bridgehead atoms. The summed E-state index contributed by atoms with van der Waals surface area (Å²) in [6, 6.07) is 11.3. The predicted molar refractivity (Wildman–Crippen MR) is 84.8 cm³/mol. The van der Waals surface area contributed by atoms with Crippen LogP contribution in [-0.4, -0.2) is 17.1 Å². The van der Waals surface area contributed by atoms with E-state index in [1.54, 1.807) is 18.2 Å². The first-order chi connectivity index (χ1) is 10.7. The van der Waals surface area contributed by atoms with E-state index < -0.39 is 5.97 Å². The van der Waals surface area contributed by atoms with Crippen LogP contribution < -0.4 is 17.7 Å². The molecule has 1 aromatic heterocycles. The first-order valence-electron chi connectivity index (χ1n) is 7.88. The Hall–Kier alpha value is -1.78. The summed E-state index contributed by atoms with van der Waals surface area (Å²) in [7, 11) is 0. The number of rotatable bonds is 5. The molecular weight excluding hydrogens is 314 g/mol. The Balaban J connectivity index is 0.00000192. The summed E-state index contributed by atoms with van der Waals surface area (Å²) in [5, 5.41) is 12.6. The fraction of sp³-hybridized carbons (Fsp3) is 0.389. The summed E-state index contributed by atoms with van der Waals surface area (Å²) in [4.78, 5) is 11.0. The topological polar surface area (TPSA) is 62.5 Å². The first-order valence-corrected chi connectivity index (χ1v) is 7.88. The maximum atomic E-state index is 11.0. The van der Waals surface area contributed by atoms with Gasteiger partial charge in [-0.2, -0.15) is 0 Å². The van der Waals surface area contributed by atoms with E-state index in [0.717, 1.165) is 17.9 Å². The number of aromatic carboxylic acids is 1. The van der Waals surface area contributed by atoms with Crippen molar-refractivity contribution in [2.45, 2.75) is 44.7 Å². The number of nitrogens with one attached hydrogen (secondary N) is 1. The quantitative estimate of drug-likeness (QED) is 0.858. The highest BCUT2D eigenvalue weighted by Gasteiger charge is 2.14. The summed E-state index contributed by atoms with van der Waals surface area (Å²) < 4.78 is 5.84. The van der Waals surface area contributed by atoms with Gasteiger partial charge < -0.3 is 27.2 Å². The molecular formula is C18H21ClNO3-. The van der Waals surface area contributed by atoms with Crippen LogP contribution in [0.15, 0.2) is 40.8 Å². The van der Waals surface area contributed by atoms with Gasteiger partial charge in [-0.15, -0.1) is 0 Å². The molecule has 0 radical (unpaired) electrons. The minimum Gasteiger partial charge on any atom is -1.00 e. The minimum absolute atomic E-state index is 0. The molecule has 1 saturated carbocycles. The average molecular weight is 335 g/mol. The fourth-order valence-electron chi connectivity index (χ4n) is 2.99. The SMILES string of the molecule is O=C(O)c1cccc(-c2ccc(CNC3CCCCC3)o2)c1.[Cl-]. The van der Waals surface area contributed by atoms with Gasteiger partial charge in [-0.1, -0.05) is 31.4 Å². The van der Waals surface area contributed by atoms with Crippen LogP contribution in [0.3, 0.4) is 0 Å². The Bertz CT molecular complexity index is 647. The van der Waals surface area contributed by atoms with Crippen molar-refractivity contribution in [1.82, 2.24) is 5.32 Å². The standard InChI is InChI=1S/C18H21NO3.ClH/c20-18(21)14-6-4-5-13(11-14)17-10-9-16(22-17)12-19-15-7-2-1-3-8-15;/h4-6,9-11,15,19H,1-3,7-8,12H2,(H,20,21);1H/p-1. The smallest absolute Gasteiger partial charge is 0.335 e. The molecule has 23 heavy (non-hydrogen) atoms. The molecule has 1 aliphatic carbocycles. The Morgan fingerprint density at radius 1 is 1.17 bits per heavy atom. The second-order valence-electron chi connectivity index (χ2n) is 5.87. The van der Waals surface area contributed by atoms with Crippen LogP contribution >= 0.6 is 0 Å². The largest absolute Gasteiger partial charge is 1.00 e. The average Bonchev–Trinajstić information content (AvgIpc) is 3.03. The second kappa shape index (κ2) is 8.18. The number of carboxylic acid groups (broad SMARTS) is 1. The number of halogens is 1. The monoisotopic (exact) mass is 334 g/mol.